The van der Waals surface area contributed by atoms with Gasteiger partial charge in [-0.05, 0) is 36.8 Å². The van der Waals surface area contributed by atoms with Crippen molar-refractivity contribution in [1.82, 2.24) is 0 Å². The maximum Gasteiger partial charge on any atom is 0.418 e. The topological polar surface area (TPSA) is 78.4 Å². The molecule has 0 saturated carbocycles. The van der Waals surface area contributed by atoms with Crippen molar-refractivity contribution in [2.24, 2.45) is 0 Å². The number of halogens is 3. The third kappa shape index (κ3) is 4.03. The molecule has 3 N–H and O–H groups in total. The maximum atomic E-state index is 12.9. The van der Waals surface area contributed by atoms with Crippen LogP contribution in [0.3, 0.4) is 0 Å². The van der Waals surface area contributed by atoms with E-state index in [0.717, 1.165) is 17.7 Å². The highest BCUT2D eigenvalue weighted by Crippen LogP contribution is 2.34. The summed E-state index contributed by atoms with van der Waals surface area (Å²) in [7, 11) is 0. The molecular weight excluding hydrogens is 325 g/mol. The average molecular weight is 338 g/mol. The van der Waals surface area contributed by atoms with E-state index in [1.54, 1.807) is 13.0 Å². The molecule has 0 fully saturated rings. The summed E-state index contributed by atoms with van der Waals surface area (Å²) in [4.78, 5) is 23.6. The number of phenols is 1. The molecule has 24 heavy (non-hydrogen) atoms. The highest BCUT2D eigenvalue weighted by atomic mass is 19.4. The van der Waals surface area contributed by atoms with Gasteiger partial charge in [0.25, 0.3) is 0 Å². The van der Waals surface area contributed by atoms with Crippen molar-refractivity contribution in [2.75, 3.05) is 10.6 Å². The Hall–Kier alpha value is -3.03. The van der Waals surface area contributed by atoms with Crippen LogP contribution in [0.1, 0.15) is 11.1 Å². The number of carbonyl (C=O) groups excluding carboxylic acids is 2. The van der Waals surface area contributed by atoms with Gasteiger partial charge in [-0.2, -0.15) is 13.2 Å². The Morgan fingerprint density at radius 3 is 2.12 bits per heavy atom. The zero-order chi connectivity index (χ0) is 17.9. The smallest absolute Gasteiger partial charge is 0.418 e. The number of carbonyl (C=O) groups is 2. The lowest BCUT2D eigenvalue weighted by molar-refractivity contribution is -0.137. The summed E-state index contributed by atoms with van der Waals surface area (Å²) < 4.78 is 38.6. The number of aromatic hydroxyl groups is 1. The molecule has 0 aromatic heterocycles. The van der Waals surface area contributed by atoms with Crippen LogP contribution in [0.5, 0.6) is 5.75 Å². The van der Waals surface area contributed by atoms with Crippen molar-refractivity contribution in [1.29, 1.82) is 0 Å². The van der Waals surface area contributed by atoms with Crippen molar-refractivity contribution < 1.29 is 27.9 Å². The van der Waals surface area contributed by atoms with Crippen LogP contribution in [-0.2, 0) is 15.8 Å². The van der Waals surface area contributed by atoms with Gasteiger partial charge in [-0.3, -0.25) is 9.59 Å². The van der Waals surface area contributed by atoms with Crippen LogP contribution >= 0.6 is 0 Å². The van der Waals surface area contributed by atoms with Crippen molar-refractivity contribution in [3.8, 4) is 5.75 Å². The van der Waals surface area contributed by atoms with E-state index in [1.165, 1.54) is 24.3 Å². The van der Waals surface area contributed by atoms with Gasteiger partial charge in [0.05, 0.1) is 16.9 Å². The molecule has 8 heteroatoms. The van der Waals surface area contributed by atoms with Crippen LogP contribution in [0.25, 0.3) is 0 Å². The van der Waals surface area contributed by atoms with E-state index in [9.17, 15) is 27.9 Å². The Labute approximate surface area is 135 Å². The second-order valence-electron chi connectivity index (χ2n) is 4.97. The van der Waals surface area contributed by atoms with Gasteiger partial charge < -0.3 is 15.7 Å². The van der Waals surface area contributed by atoms with Crippen LogP contribution < -0.4 is 10.6 Å². The molecule has 126 valence electrons. The average Bonchev–Trinajstić information content (AvgIpc) is 2.49. The second-order valence-corrected chi connectivity index (χ2v) is 4.97. The van der Waals surface area contributed by atoms with Gasteiger partial charge in [-0.15, -0.1) is 0 Å². The molecule has 0 bridgehead atoms. The van der Waals surface area contributed by atoms with Crippen LogP contribution in [-0.4, -0.2) is 16.9 Å². The van der Waals surface area contributed by atoms with Gasteiger partial charge in [0.1, 0.15) is 5.75 Å². The Bertz CT molecular complexity index is 788. The van der Waals surface area contributed by atoms with E-state index in [2.05, 4.69) is 5.32 Å². The minimum atomic E-state index is -4.67. The monoisotopic (exact) mass is 338 g/mol. The summed E-state index contributed by atoms with van der Waals surface area (Å²) >= 11 is 0. The number of phenolic OH excluding ortho intramolecular Hbond substituents is 1. The van der Waals surface area contributed by atoms with Gasteiger partial charge in [0.15, 0.2) is 0 Å². The normalized spacial score (nSPS) is 11.0. The van der Waals surface area contributed by atoms with Gasteiger partial charge in [0.2, 0.25) is 0 Å². The van der Waals surface area contributed by atoms with Gasteiger partial charge in [-0.1, -0.05) is 18.2 Å². The van der Waals surface area contributed by atoms with Crippen LogP contribution in [0, 0.1) is 6.92 Å². The predicted octanol–water partition coefficient (Wildman–Crippen LogP) is 3.30. The molecule has 2 aromatic carbocycles. The van der Waals surface area contributed by atoms with E-state index in [0.29, 0.717) is 0 Å². The minimum absolute atomic E-state index is 0.0233. The molecule has 5 nitrogen and oxygen atoms in total. The van der Waals surface area contributed by atoms with E-state index < -0.39 is 29.2 Å². The highest BCUT2D eigenvalue weighted by molar-refractivity contribution is 6.43. The van der Waals surface area contributed by atoms with E-state index in [4.69, 9.17) is 0 Å². The Morgan fingerprint density at radius 1 is 0.958 bits per heavy atom. The molecule has 2 amide bonds. The molecule has 0 aliphatic carbocycles. The lowest BCUT2D eigenvalue weighted by Gasteiger charge is -2.13. The van der Waals surface area contributed by atoms with Crippen LogP contribution in [0.15, 0.2) is 42.5 Å². The van der Waals surface area contributed by atoms with Gasteiger partial charge in [-0.25, -0.2) is 0 Å². The largest absolute Gasteiger partial charge is 0.506 e. The van der Waals surface area contributed by atoms with Crippen LogP contribution in [0.4, 0.5) is 24.5 Å². The number of para-hydroxylation sites is 1. The first-order chi connectivity index (χ1) is 11.2. The number of hydrogen-bond acceptors (Lipinski definition) is 3. The van der Waals surface area contributed by atoms with E-state index >= 15 is 0 Å². The van der Waals surface area contributed by atoms with Crippen molar-refractivity contribution in [3.05, 3.63) is 53.6 Å². The summed E-state index contributed by atoms with van der Waals surface area (Å²) in [6.45, 7) is 1.71. The lowest BCUT2D eigenvalue weighted by Crippen LogP contribution is -2.30. The predicted molar refractivity (Wildman–Crippen MR) is 81.5 cm³/mol. The first-order valence-electron chi connectivity index (χ1n) is 6.76. The molecule has 0 spiro atoms. The third-order valence-corrected chi connectivity index (χ3v) is 3.09. The number of benzene rings is 2. The summed E-state index contributed by atoms with van der Waals surface area (Å²) in [5.41, 5.74) is -0.887. The Morgan fingerprint density at radius 2 is 1.54 bits per heavy atom. The molecule has 2 aromatic rings. The molecule has 0 saturated heterocycles. The first kappa shape index (κ1) is 17.3. The number of amides is 2. The van der Waals surface area contributed by atoms with Crippen molar-refractivity contribution in [2.45, 2.75) is 13.1 Å². The number of rotatable bonds is 2. The quantitative estimate of drug-likeness (QED) is 0.581. The van der Waals surface area contributed by atoms with Crippen LogP contribution in [0.2, 0.25) is 0 Å². The third-order valence-electron chi connectivity index (χ3n) is 3.09. The molecule has 0 radical (unpaired) electrons. The molecule has 0 aliphatic rings. The summed E-state index contributed by atoms with van der Waals surface area (Å²) in [6.07, 6.45) is -4.67. The van der Waals surface area contributed by atoms with E-state index in [1.807, 2.05) is 5.32 Å². The molecule has 2 rings (SSSR count). The summed E-state index contributed by atoms with van der Waals surface area (Å²) in [6, 6.07) is 8.63. The maximum absolute atomic E-state index is 12.9. The number of aryl methyl sites for hydroxylation is 1. The Kier molecular flexibility index (Phi) is 4.77. The van der Waals surface area contributed by atoms with Crippen molar-refractivity contribution >= 4 is 23.2 Å². The number of alkyl halides is 3. The zero-order valence-corrected chi connectivity index (χ0v) is 12.4. The first-order valence-corrected chi connectivity index (χ1v) is 6.76. The van der Waals surface area contributed by atoms with E-state index in [-0.39, 0.29) is 11.4 Å². The van der Waals surface area contributed by atoms with Crippen molar-refractivity contribution in [3.63, 3.8) is 0 Å². The fraction of sp³-hybridized carbons (Fsp3) is 0.125. The molecule has 0 aliphatic heterocycles. The minimum Gasteiger partial charge on any atom is -0.506 e. The molecule has 0 unspecified atom stereocenters. The fourth-order valence-corrected chi connectivity index (χ4v) is 1.94. The fourth-order valence-electron chi connectivity index (χ4n) is 1.94. The highest BCUT2D eigenvalue weighted by Gasteiger charge is 2.34. The SMILES string of the molecule is Cc1ccc(NC(=O)C(=O)Nc2ccccc2C(F)(F)F)c(O)c1. The second kappa shape index (κ2) is 6.61. The Balaban J connectivity index is 2.14. The number of nitrogens with one attached hydrogen (secondary N) is 2. The molecular formula is C16H13F3N2O3. The number of anilines is 2. The summed E-state index contributed by atoms with van der Waals surface area (Å²) in [5, 5.41) is 13.7. The standard InChI is InChI=1S/C16H13F3N2O3/c1-9-6-7-12(13(22)8-9)21-15(24)14(23)20-11-5-3-2-4-10(11)16(17,18)19/h2-8,22H,1H3,(H,20,23)(H,21,24). The van der Waals surface area contributed by atoms with Gasteiger partial charge >= 0.3 is 18.0 Å². The van der Waals surface area contributed by atoms with Gasteiger partial charge in [0, 0.05) is 0 Å². The molecule has 0 atom stereocenters. The summed E-state index contributed by atoms with van der Waals surface area (Å²) in [5.74, 6) is -2.75. The zero-order valence-electron chi connectivity index (χ0n) is 12.4. The molecule has 0 heterocycles. The number of hydrogen-bond donors (Lipinski definition) is 3. The lowest BCUT2D eigenvalue weighted by atomic mass is 10.1.